The summed E-state index contributed by atoms with van der Waals surface area (Å²) in [5.41, 5.74) is 1.80. The van der Waals surface area contributed by atoms with E-state index in [1.54, 1.807) is 12.4 Å². The second-order valence-electron chi connectivity index (χ2n) is 4.74. The number of hydrogen-bond acceptors (Lipinski definition) is 5. The Labute approximate surface area is 111 Å². The molecule has 3 heterocycles. The quantitative estimate of drug-likeness (QED) is 0.882. The summed E-state index contributed by atoms with van der Waals surface area (Å²) in [5, 5.41) is 18.0. The van der Waals surface area contributed by atoms with Gasteiger partial charge in [-0.3, -0.25) is 4.98 Å². The van der Waals surface area contributed by atoms with E-state index in [0.29, 0.717) is 0 Å². The minimum absolute atomic E-state index is 0.168. The molecule has 19 heavy (non-hydrogen) atoms. The Morgan fingerprint density at radius 1 is 1.11 bits per heavy atom. The van der Waals surface area contributed by atoms with E-state index >= 15 is 0 Å². The molecule has 5 heteroatoms. The number of aromatic nitrogens is 3. The maximum atomic E-state index is 9.50. The number of hydrogen-bond donors (Lipinski definition) is 1. The molecule has 3 rings (SSSR count). The zero-order valence-corrected chi connectivity index (χ0v) is 10.6. The number of aliphatic hydroxyl groups excluding tert-OH is 1. The second kappa shape index (κ2) is 5.32. The summed E-state index contributed by atoms with van der Waals surface area (Å²) in [7, 11) is 0. The van der Waals surface area contributed by atoms with Crippen molar-refractivity contribution >= 4 is 5.82 Å². The van der Waals surface area contributed by atoms with Crippen molar-refractivity contribution < 1.29 is 5.11 Å². The molecule has 98 valence electrons. The van der Waals surface area contributed by atoms with E-state index in [2.05, 4.69) is 20.1 Å². The molecule has 5 nitrogen and oxygen atoms in total. The largest absolute Gasteiger partial charge is 0.393 e. The Balaban J connectivity index is 1.76. The molecule has 0 atom stereocenters. The van der Waals surface area contributed by atoms with Crippen LogP contribution in [-0.4, -0.2) is 39.5 Å². The third-order valence-electron chi connectivity index (χ3n) is 3.40. The zero-order chi connectivity index (χ0) is 13.1. The SMILES string of the molecule is OC1CCN(c2ccc(-c3cccnc3)nn2)CC1. The summed E-state index contributed by atoms with van der Waals surface area (Å²) in [5.74, 6) is 0.875. The second-order valence-corrected chi connectivity index (χ2v) is 4.74. The van der Waals surface area contributed by atoms with Crippen LogP contribution in [0.5, 0.6) is 0 Å². The van der Waals surface area contributed by atoms with Crippen molar-refractivity contribution in [1.29, 1.82) is 0 Å². The lowest BCUT2D eigenvalue weighted by atomic mass is 10.1. The molecule has 0 aliphatic carbocycles. The average molecular weight is 256 g/mol. The van der Waals surface area contributed by atoms with Gasteiger partial charge in [-0.05, 0) is 37.1 Å². The fourth-order valence-corrected chi connectivity index (χ4v) is 2.26. The molecular weight excluding hydrogens is 240 g/mol. The van der Waals surface area contributed by atoms with Crippen LogP contribution < -0.4 is 4.90 Å². The minimum Gasteiger partial charge on any atom is -0.393 e. The van der Waals surface area contributed by atoms with Crippen molar-refractivity contribution in [1.82, 2.24) is 15.2 Å². The zero-order valence-electron chi connectivity index (χ0n) is 10.6. The summed E-state index contributed by atoms with van der Waals surface area (Å²) in [4.78, 5) is 6.24. The molecule has 0 radical (unpaired) electrons. The Bertz CT molecular complexity index is 521. The summed E-state index contributed by atoms with van der Waals surface area (Å²) >= 11 is 0. The molecule has 0 bridgehead atoms. The molecular formula is C14H16N4O. The predicted molar refractivity (Wildman–Crippen MR) is 72.7 cm³/mol. The van der Waals surface area contributed by atoms with E-state index in [1.165, 1.54) is 0 Å². The van der Waals surface area contributed by atoms with Gasteiger partial charge in [-0.15, -0.1) is 10.2 Å². The third kappa shape index (κ3) is 2.71. The van der Waals surface area contributed by atoms with Gasteiger partial charge in [-0.1, -0.05) is 0 Å². The number of anilines is 1. The van der Waals surface area contributed by atoms with Crippen LogP contribution in [0.4, 0.5) is 5.82 Å². The van der Waals surface area contributed by atoms with Crippen LogP contribution in [0, 0.1) is 0 Å². The van der Waals surface area contributed by atoms with Crippen LogP contribution in [-0.2, 0) is 0 Å². The predicted octanol–water partition coefficient (Wildman–Crippen LogP) is 1.50. The summed E-state index contributed by atoms with van der Waals surface area (Å²) in [6.45, 7) is 1.67. The van der Waals surface area contributed by atoms with Gasteiger partial charge in [-0.2, -0.15) is 0 Å². The van der Waals surface area contributed by atoms with Crippen molar-refractivity contribution in [3.05, 3.63) is 36.7 Å². The number of pyridine rings is 1. The van der Waals surface area contributed by atoms with Crippen LogP contribution in [0.3, 0.4) is 0 Å². The normalized spacial score (nSPS) is 16.6. The molecule has 1 saturated heterocycles. The first kappa shape index (κ1) is 12.0. The molecule has 0 aromatic carbocycles. The molecule has 2 aromatic rings. The van der Waals surface area contributed by atoms with Gasteiger partial charge in [0.1, 0.15) is 0 Å². The molecule has 0 amide bonds. The molecule has 0 spiro atoms. The average Bonchev–Trinajstić information content (AvgIpc) is 2.49. The van der Waals surface area contributed by atoms with E-state index in [4.69, 9.17) is 0 Å². The Kier molecular flexibility index (Phi) is 3.37. The van der Waals surface area contributed by atoms with Gasteiger partial charge in [0.15, 0.2) is 5.82 Å². The maximum absolute atomic E-state index is 9.50. The first-order valence-electron chi connectivity index (χ1n) is 6.50. The summed E-state index contributed by atoms with van der Waals surface area (Å²) in [6.07, 6.45) is 4.95. The van der Waals surface area contributed by atoms with E-state index in [0.717, 1.165) is 43.0 Å². The van der Waals surface area contributed by atoms with Crippen LogP contribution in [0.2, 0.25) is 0 Å². The molecule has 0 unspecified atom stereocenters. The lowest BCUT2D eigenvalue weighted by Crippen LogP contribution is -2.36. The fourth-order valence-electron chi connectivity index (χ4n) is 2.26. The van der Waals surface area contributed by atoms with E-state index < -0.39 is 0 Å². The van der Waals surface area contributed by atoms with Crippen molar-refractivity contribution in [2.75, 3.05) is 18.0 Å². The molecule has 1 aliphatic rings. The topological polar surface area (TPSA) is 62.1 Å². The number of piperidine rings is 1. The fraction of sp³-hybridized carbons (Fsp3) is 0.357. The molecule has 2 aromatic heterocycles. The molecule has 1 aliphatic heterocycles. The van der Waals surface area contributed by atoms with Crippen molar-refractivity contribution in [3.63, 3.8) is 0 Å². The van der Waals surface area contributed by atoms with Gasteiger partial charge in [0.2, 0.25) is 0 Å². The number of nitrogens with zero attached hydrogens (tertiary/aromatic N) is 4. The monoisotopic (exact) mass is 256 g/mol. The number of aliphatic hydroxyl groups is 1. The van der Waals surface area contributed by atoms with Crippen LogP contribution >= 0.6 is 0 Å². The van der Waals surface area contributed by atoms with Gasteiger partial charge < -0.3 is 10.0 Å². The lowest BCUT2D eigenvalue weighted by molar-refractivity contribution is 0.145. The Morgan fingerprint density at radius 3 is 2.58 bits per heavy atom. The van der Waals surface area contributed by atoms with Crippen molar-refractivity contribution in [3.8, 4) is 11.3 Å². The van der Waals surface area contributed by atoms with Crippen LogP contribution in [0.25, 0.3) is 11.3 Å². The van der Waals surface area contributed by atoms with Gasteiger partial charge in [0.05, 0.1) is 11.8 Å². The third-order valence-corrected chi connectivity index (χ3v) is 3.40. The van der Waals surface area contributed by atoms with Gasteiger partial charge >= 0.3 is 0 Å². The maximum Gasteiger partial charge on any atom is 0.151 e. The first-order valence-corrected chi connectivity index (χ1v) is 6.50. The molecule has 1 N–H and O–H groups in total. The summed E-state index contributed by atoms with van der Waals surface area (Å²) < 4.78 is 0. The van der Waals surface area contributed by atoms with Gasteiger partial charge in [0.25, 0.3) is 0 Å². The smallest absolute Gasteiger partial charge is 0.151 e. The van der Waals surface area contributed by atoms with Crippen LogP contribution in [0.15, 0.2) is 36.7 Å². The summed E-state index contributed by atoms with van der Waals surface area (Å²) in [6, 6.07) is 7.79. The lowest BCUT2D eigenvalue weighted by Gasteiger charge is -2.30. The minimum atomic E-state index is -0.168. The highest BCUT2D eigenvalue weighted by Gasteiger charge is 2.18. The Hall–Kier alpha value is -2.01. The van der Waals surface area contributed by atoms with E-state index in [9.17, 15) is 5.11 Å². The van der Waals surface area contributed by atoms with Crippen LogP contribution in [0.1, 0.15) is 12.8 Å². The highest BCUT2D eigenvalue weighted by molar-refractivity contribution is 5.58. The van der Waals surface area contributed by atoms with Gasteiger partial charge in [-0.25, -0.2) is 0 Å². The van der Waals surface area contributed by atoms with Crippen molar-refractivity contribution in [2.24, 2.45) is 0 Å². The van der Waals surface area contributed by atoms with E-state index in [-0.39, 0.29) is 6.10 Å². The number of rotatable bonds is 2. The Morgan fingerprint density at radius 2 is 1.95 bits per heavy atom. The van der Waals surface area contributed by atoms with E-state index in [1.807, 2.05) is 24.3 Å². The highest BCUT2D eigenvalue weighted by Crippen LogP contribution is 2.20. The molecule has 1 fully saturated rings. The highest BCUT2D eigenvalue weighted by atomic mass is 16.3. The molecule has 0 saturated carbocycles. The van der Waals surface area contributed by atoms with Gasteiger partial charge in [0, 0.05) is 31.0 Å². The first-order chi connectivity index (χ1) is 9.33. The van der Waals surface area contributed by atoms with Crippen molar-refractivity contribution in [2.45, 2.75) is 18.9 Å². The standard InChI is InChI=1S/C14H16N4O/c19-12-5-8-18(9-6-12)14-4-3-13(16-17-14)11-2-1-7-15-10-11/h1-4,7,10,12,19H,5-6,8-9H2.